The number of amides is 2. The van der Waals surface area contributed by atoms with E-state index in [1.54, 1.807) is 20.8 Å². The van der Waals surface area contributed by atoms with Crippen LogP contribution in [0.1, 0.15) is 26.3 Å². The molecule has 1 aliphatic heterocycles. The zero-order valence-electron chi connectivity index (χ0n) is 16.9. The molecule has 2 amide bonds. The van der Waals surface area contributed by atoms with Crippen molar-refractivity contribution in [1.29, 1.82) is 0 Å². The molecule has 0 spiro atoms. The van der Waals surface area contributed by atoms with Crippen molar-refractivity contribution >= 4 is 29.3 Å². The lowest BCUT2D eigenvalue weighted by atomic mass is 9.96. The van der Waals surface area contributed by atoms with Gasteiger partial charge >= 0.3 is 6.09 Å². The van der Waals surface area contributed by atoms with E-state index in [1.165, 1.54) is 30.1 Å². The predicted molar refractivity (Wildman–Crippen MR) is 108 cm³/mol. The molecule has 2 aromatic carbocycles. The number of likely N-dealkylation sites (N-methyl/N-ethyl adjacent to an activating group) is 1. The van der Waals surface area contributed by atoms with E-state index >= 15 is 0 Å². The van der Waals surface area contributed by atoms with E-state index in [2.05, 4.69) is 5.32 Å². The summed E-state index contributed by atoms with van der Waals surface area (Å²) >= 11 is 6.02. The Kier molecular flexibility index (Phi) is 5.90. The van der Waals surface area contributed by atoms with Gasteiger partial charge in [-0.1, -0.05) is 17.7 Å². The molecule has 2 aromatic rings. The second-order valence-corrected chi connectivity index (χ2v) is 8.27. The number of fused-ring (bicyclic) bond motifs is 1. The van der Waals surface area contributed by atoms with E-state index < -0.39 is 35.3 Å². The van der Waals surface area contributed by atoms with Crippen LogP contribution in [0.15, 0.2) is 30.3 Å². The Morgan fingerprint density at radius 3 is 2.60 bits per heavy atom. The monoisotopic (exact) mass is 438 g/mol. The van der Waals surface area contributed by atoms with Crippen LogP contribution in [0.25, 0.3) is 0 Å². The van der Waals surface area contributed by atoms with Crippen LogP contribution in [0.5, 0.6) is 11.5 Å². The lowest BCUT2D eigenvalue weighted by Gasteiger charge is -2.33. The molecule has 0 saturated carbocycles. The normalized spacial score (nSPS) is 16.2. The Labute approximate surface area is 177 Å². The van der Waals surface area contributed by atoms with E-state index in [0.29, 0.717) is 5.56 Å². The third kappa shape index (κ3) is 4.64. The van der Waals surface area contributed by atoms with Crippen molar-refractivity contribution in [2.45, 2.75) is 38.8 Å². The number of ether oxygens (including phenoxy) is 2. The third-order valence-electron chi connectivity index (χ3n) is 4.35. The molecule has 0 bridgehead atoms. The number of benzene rings is 2. The van der Waals surface area contributed by atoms with E-state index in [0.717, 1.165) is 12.1 Å². The number of alkyl carbamates (subject to hydrolysis) is 1. The van der Waals surface area contributed by atoms with Crippen molar-refractivity contribution < 1.29 is 27.8 Å². The number of carbonyl (C=O) groups is 2. The minimum atomic E-state index is -0.895. The van der Waals surface area contributed by atoms with E-state index in [1.807, 2.05) is 0 Å². The van der Waals surface area contributed by atoms with Crippen molar-refractivity contribution in [3.63, 3.8) is 0 Å². The number of carbonyl (C=O) groups excluding carboxylic acids is 2. The second-order valence-electron chi connectivity index (χ2n) is 7.86. The van der Waals surface area contributed by atoms with Gasteiger partial charge in [-0.25, -0.2) is 13.6 Å². The molecule has 0 aliphatic carbocycles. The summed E-state index contributed by atoms with van der Waals surface area (Å²) in [5.41, 5.74) is 0.0182. The average Bonchev–Trinajstić information content (AvgIpc) is 2.63. The average molecular weight is 439 g/mol. The molecule has 1 heterocycles. The number of nitrogens with zero attached hydrogens (tertiary/aromatic N) is 1. The maximum absolute atomic E-state index is 14.6. The summed E-state index contributed by atoms with van der Waals surface area (Å²) in [5, 5.41) is 2.63. The number of anilines is 1. The Bertz CT molecular complexity index is 1010. The minimum Gasteiger partial charge on any atom is -0.450 e. The number of nitrogens with one attached hydrogen (secondary N) is 1. The van der Waals surface area contributed by atoms with Crippen LogP contribution in [0.2, 0.25) is 5.02 Å². The van der Waals surface area contributed by atoms with Gasteiger partial charge < -0.3 is 19.7 Å². The van der Waals surface area contributed by atoms with Crippen LogP contribution < -0.4 is 15.0 Å². The molecule has 0 saturated heterocycles. The number of rotatable bonds is 3. The Hall–Kier alpha value is -2.87. The van der Waals surface area contributed by atoms with Gasteiger partial charge in [0, 0.05) is 19.5 Å². The standard InChI is InChI=1S/C21H21ClF2N2O4/c1-21(2,3)30-20(28)25-15-9-11-5-8-14(24)18(17(11)26(4)19(15)27)29-16-10-12(23)6-7-13(16)22/h5-8,10,15H,9H2,1-4H3,(H,25,28)/t15-/m1/s1. The molecule has 9 heteroatoms. The molecule has 30 heavy (non-hydrogen) atoms. The van der Waals surface area contributed by atoms with Crippen LogP contribution >= 0.6 is 11.6 Å². The van der Waals surface area contributed by atoms with Gasteiger partial charge in [-0.3, -0.25) is 4.79 Å². The first-order valence-corrected chi connectivity index (χ1v) is 9.55. The summed E-state index contributed by atoms with van der Waals surface area (Å²) in [4.78, 5) is 26.1. The second kappa shape index (κ2) is 8.10. The van der Waals surface area contributed by atoms with Gasteiger partial charge in [0.05, 0.1) is 10.7 Å². The molecule has 6 nitrogen and oxygen atoms in total. The zero-order valence-corrected chi connectivity index (χ0v) is 17.6. The van der Waals surface area contributed by atoms with Crippen LogP contribution in [0.4, 0.5) is 19.3 Å². The first kappa shape index (κ1) is 21.8. The van der Waals surface area contributed by atoms with Gasteiger partial charge in [-0.15, -0.1) is 0 Å². The topological polar surface area (TPSA) is 67.9 Å². The van der Waals surface area contributed by atoms with Gasteiger partial charge in [0.1, 0.15) is 23.2 Å². The Morgan fingerprint density at radius 1 is 1.23 bits per heavy atom. The van der Waals surface area contributed by atoms with Crippen LogP contribution in [0.3, 0.4) is 0 Å². The van der Waals surface area contributed by atoms with Crippen molar-refractivity contribution in [3.8, 4) is 11.5 Å². The molecule has 160 valence electrons. The predicted octanol–water partition coefficient (Wildman–Crippen LogP) is 4.82. The molecule has 1 N–H and O–H groups in total. The van der Waals surface area contributed by atoms with Gasteiger partial charge in [0.15, 0.2) is 11.6 Å². The van der Waals surface area contributed by atoms with E-state index in [-0.39, 0.29) is 28.6 Å². The molecule has 0 radical (unpaired) electrons. The number of hydrogen-bond donors (Lipinski definition) is 1. The van der Waals surface area contributed by atoms with E-state index in [9.17, 15) is 18.4 Å². The van der Waals surface area contributed by atoms with Crippen molar-refractivity contribution in [1.82, 2.24) is 5.32 Å². The molecule has 0 unspecified atom stereocenters. The van der Waals surface area contributed by atoms with Crippen LogP contribution in [-0.4, -0.2) is 30.7 Å². The maximum atomic E-state index is 14.6. The fourth-order valence-corrected chi connectivity index (χ4v) is 3.25. The van der Waals surface area contributed by atoms with Crippen molar-refractivity contribution in [2.75, 3.05) is 11.9 Å². The summed E-state index contributed by atoms with van der Waals surface area (Å²) < 4.78 is 38.9. The molecule has 1 aliphatic rings. The molecule has 0 aromatic heterocycles. The summed E-state index contributed by atoms with van der Waals surface area (Å²) in [7, 11) is 1.43. The highest BCUT2D eigenvalue weighted by molar-refractivity contribution is 6.32. The highest BCUT2D eigenvalue weighted by Crippen LogP contribution is 2.42. The summed E-state index contributed by atoms with van der Waals surface area (Å²) in [6, 6.07) is 5.24. The summed E-state index contributed by atoms with van der Waals surface area (Å²) in [5.74, 6) is -2.17. The minimum absolute atomic E-state index is 0.0844. The largest absolute Gasteiger partial charge is 0.450 e. The maximum Gasteiger partial charge on any atom is 0.408 e. The first-order chi connectivity index (χ1) is 14.0. The molecule has 1 atom stereocenters. The van der Waals surface area contributed by atoms with E-state index in [4.69, 9.17) is 21.1 Å². The highest BCUT2D eigenvalue weighted by Gasteiger charge is 2.36. The lowest BCUT2D eigenvalue weighted by Crippen LogP contribution is -2.52. The SMILES string of the molecule is CN1C(=O)[C@H](NC(=O)OC(C)(C)C)Cc2ccc(F)c(Oc3cc(F)ccc3Cl)c21. The van der Waals surface area contributed by atoms with Crippen molar-refractivity contribution in [2.24, 2.45) is 0 Å². The fourth-order valence-electron chi connectivity index (χ4n) is 3.10. The number of halogens is 3. The summed E-state index contributed by atoms with van der Waals surface area (Å²) in [6.45, 7) is 5.13. The highest BCUT2D eigenvalue weighted by atomic mass is 35.5. The Balaban J connectivity index is 1.92. The smallest absolute Gasteiger partial charge is 0.408 e. The first-order valence-electron chi connectivity index (χ1n) is 9.17. The number of hydrogen-bond acceptors (Lipinski definition) is 4. The lowest BCUT2D eigenvalue weighted by molar-refractivity contribution is -0.120. The molecule has 0 fully saturated rings. The van der Waals surface area contributed by atoms with Gasteiger partial charge in [0.25, 0.3) is 0 Å². The summed E-state index contributed by atoms with van der Waals surface area (Å²) in [6.07, 6.45) is -0.631. The fraction of sp³-hybridized carbons (Fsp3) is 0.333. The molecular formula is C21H21ClF2N2O4. The van der Waals surface area contributed by atoms with Gasteiger partial charge in [0.2, 0.25) is 5.91 Å². The van der Waals surface area contributed by atoms with Crippen LogP contribution in [0, 0.1) is 11.6 Å². The third-order valence-corrected chi connectivity index (χ3v) is 4.66. The molecular weight excluding hydrogens is 418 g/mol. The van der Waals surface area contributed by atoms with Crippen molar-refractivity contribution in [3.05, 3.63) is 52.6 Å². The van der Waals surface area contributed by atoms with Gasteiger partial charge in [-0.2, -0.15) is 0 Å². The zero-order chi connectivity index (χ0) is 22.2. The Morgan fingerprint density at radius 2 is 1.93 bits per heavy atom. The van der Waals surface area contributed by atoms with Gasteiger partial charge in [-0.05, 0) is 44.5 Å². The molecule has 3 rings (SSSR count). The quantitative estimate of drug-likeness (QED) is 0.745. The van der Waals surface area contributed by atoms with Crippen LogP contribution in [-0.2, 0) is 16.0 Å².